The first-order chi connectivity index (χ1) is 10.0. The number of nitrogens with one attached hydrogen (secondary N) is 1. The summed E-state index contributed by atoms with van der Waals surface area (Å²) in [6.45, 7) is 3.66. The maximum absolute atomic E-state index is 12.0. The van der Waals surface area contributed by atoms with Crippen LogP contribution in [0.2, 0.25) is 0 Å². The third-order valence-corrected chi connectivity index (χ3v) is 3.33. The van der Waals surface area contributed by atoms with Crippen LogP contribution < -0.4 is 5.73 Å². The lowest BCUT2D eigenvalue weighted by Crippen LogP contribution is -2.03. The number of ether oxygens (including phenoxy) is 1. The van der Waals surface area contributed by atoms with Crippen molar-refractivity contribution in [1.29, 1.82) is 0 Å². The van der Waals surface area contributed by atoms with Crippen LogP contribution in [0.25, 0.3) is 22.2 Å². The van der Waals surface area contributed by atoms with Crippen LogP contribution in [0.3, 0.4) is 0 Å². The zero-order chi connectivity index (χ0) is 15.1. The number of imidazole rings is 1. The Bertz CT molecular complexity index is 828. The number of carbonyl (C=O) groups is 1. The van der Waals surface area contributed by atoms with Gasteiger partial charge in [-0.3, -0.25) is 0 Å². The molecular weight excluding hydrogens is 272 g/mol. The lowest BCUT2D eigenvalue weighted by Gasteiger charge is -2.05. The number of methoxy groups -OCH3 is 1. The molecule has 3 rings (SSSR count). The van der Waals surface area contributed by atoms with E-state index in [9.17, 15) is 4.79 Å². The van der Waals surface area contributed by atoms with E-state index >= 15 is 0 Å². The number of carbonyl (C=O) groups excluding carboxylic acids is 1. The zero-order valence-corrected chi connectivity index (χ0v) is 11.9. The molecule has 0 aliphatic carbocycles. The van der Waals surface area contributed by atoms with Crippen molar-refractivity contribution < 1.29 is 14.1 Å². The van der Waals surface area contributed by atoms with Gasteiger partial charge in [-0.05, 0) is 31.5 Å². The third kappa shape index (κ3) is 2.03. The van der Waals surface area contributed by atoms with Gasteiger partial charge in [-0.1, -0.05) is 5.16 Å². The van der Waals surface area contributed by atoms with Crippen molar-refractivity contribution in [3.63, 3.8) is 0 Å². The maximum atomic E-state index is 12.0. The Labute approximate surface area is 120 Å². The Kier molecular flexibility index (Phi) is 2.90. The molecule has 0 amide bonds. The minimum atomic E-state index is -0.472. The van der Waals surface area contributed by atoms with Crippen LogP contribution in [-0.4, -0.2) is 28.2 Å². The summed E-state index contributed by atoms with van der Waals surface area (Å²) in [7, 11) is 1.33. The number of nitrogens with zero attached hydrogens (tertiary/aromatic N) is 2. The number of H-pyrrole nitrogens is 1. The number of rotatable bonds is 2. The van der Waals surface area contributed by atoms with Crippen molar-refractivity contribution in [3.05, 3.63) is 29.2 Å². The fourth-order valence-corrected chi connectivity index (χ4v) is 2.44. The van der Waals surface area contributed by atoms with Crippen LogP contribution in [0.4, 0.5) is 5.95 Å². The largest absolute Gasteiger partial charge is 0.465 e. The summed E-state index contributed by atoms with van der Waals surface area (Å²) in [5.74, 6) is 0.446. The van der Waals surface area contributed by atoms with E-state index in [1.165, 1.54) is 7.11 Å². The number of hydrogen-bond acceptors (Lipinski definition) is 6. The molecule has 2 heterocycles. The topological polar surface area (TPSA) is 107 Å². The van der Waals surface area contributed by atoms with E-state index in [-0.39, 0.29) is 5.95 Å². The van der Waals surface area contributed by atoms with Gasteiger partial charge in [-0.25, -0.2) is 9.78 Å². The van der Waals surface area contributed by atoms with Gasteiger partial charge in [0.15, 0.2) is 5.95 Å². The zero-order valence-electron chi connectivity index (χ0n) is 11.9. The summed E-state index contributed by atoms with van der Waals surface area (Å²) >= 11 is 0. The lowest BCUT2D eigenvalue weighted by atomic mass is 10.0. The lowest BCUT2D eigenvalue weighted by molar-refractivity contribution is 0.0603. The van der Waals surface area contributed by atoms with Gasteiger partial charge in [0.05, 0.1) is 23.9 Å². The summed E-state index contributed by atoms with van der Waals surface area (Å²) < 4.78 is 9.99. The Morgan fingerprint density at radius 3 is 2.76 bits per heavy atom. The van der Waals surface area contributed by atoms with Gasteiger partial charge in [-0.2, -0.15) is 0 Å². The van der Waals surface area contributed by atoms with E-state index in [1.807, 2.05) is 19.9 Å². The van der Waals surface area contributed by atoms with Crippen LogP contribution in [0.15, 0.2) is 16.7 Å². The second kappa shape index (κ2) is 4.62. The molecule has 0 saturated carbocycles. The van der Waals surface area contributed by atoms with Crippen LogP contribution in [0, 0.1) is 13.8 Å². The molecule has 0 saturated heterocycles. The number of nitrogen functional groups attached to an aromatic ring is 1. The van der Waals surface area contributed by atoms with Crippen molar-refractivity contribution in [3.8, 4) is 11.1 Å². The van der Waals surface area contributed by atoms with E-state index < -0.39 is 5.97 Å². The fraction of sp³-hybridized carbons (Fsp3) is 0.214. The van der Waals surface area contributed by atoms with Gasteiger partial charge in [0, 0.05) is 5.56 Å². The van der Waals surface area contributed by atoms with Crippen molar-refractivity contribution in [2.45, 2.75) is 13.8 Å². The summed E-state index contributed by atoms with van der Waals surface area (Å²) in [5.41, 5.74) is 9.55. The van der Waals surface area contributed by atoms with Gasteiger partial charge < -0.3 is 20.0 Å². The maximum Gasteiger partial charge on any atom is 0.340 e. The third-order valence-electron chi connectivity index (χ3n) is 3.33. The van der Waals surface area contributed by atoms with Crippen molar-refractivity contribution in [1.82, 2.24) is 15.1 Å². The normalized spacial score (nSPS) is 11.0. The molecule has 7 heteroatoms. The number of hydrogen-bond donors (Lipinski definition) is 2. The molecule has 0 fully saturated rings. The first-order valence-electron chi connectivity index (χ1n) is 6.32. The molecule has 0 atom stereocenters. The van der Waals surface area contributed by atoms with E-state index in [1.54, 1.807) is 6.07 Å². The molecule has 3 N–H and O–H groups in total. The predicted molar refractivity (Wildman–Crippen MR) is 76.8 cm³/mol. The van der Waals surface area contributed by atoms with E-state index in [4.69, 9.17) is 15.0 Å². The quantitative estimate of drug-likeness (QED) is 0.699. The molecule has 3 aromatic rings. The van der Waals surface area contributed by atoms with E-state index in [2.05, 4.69) is 15.1 Å². The highest BCUT2D eigenvalue weighted by Crippen LogP contribution is 2.31. The highest BCUT2D eigenvalue weighted by molar-refractivity contribution is 6.04. The summed E-state index contributed by atoms with van der Waals surface area (Å²) in [5, 5.41) is 3.93. The molecule has 0 spiro atoms. The molecule has 1 aromatic carbocycles. The second-order valence-corrected chi connectivity index (χ2v) is 4.73. The molecular formula is C14H14N4O3. The molecule has 0 unspecified atom stereocenters. The van der Waals surface area contributed by atoms with Crippen molar-refractivity contribution in [2.75, 3.05) is 12.8 Å². The minimum absolute atomic E-state index is 0.242. The molecule has 108 valence electrons. The summed E-state index contributed by atoms with van der Waals surface area (Å²) in [6, 6.07) is 3.57. The standard InChI is InChI=1S/C14H14N4O3/c1-6-11(7(2)21-18-6)8-4-9(13(19)20-3)12-10(5-8)16-14(15)17-12/h4-5H,1-3H3,(H3,15,16,17). The molecule has 0 aliphatic heterocycles. The molecule has 0 aliphatic rings. The van der Waals surface area contributed by atoms with Crippen LogP contribution in [-0.2, 0) is 4.74 Å². The Balaban J connectivity index is 2.33. The average Bonchev–Trinajstić information content (AvgIpc) is 2.98. The van der Waals surface area contributed by atoms with E-state index in [0.717, 1.165) is 16.8 Å². The predicted octanol–water partition coefficient (Wildman–Crippen LogP) is 2.20. The highest BCUT2D eigenvalue weighted by Gasteiger charge is 2.19. The van der Waals surface area contributed by atoms with Crippen LogP contribution >= 0.6 is 0 Å². The molecule has 0 bridgehead atoms. The minimum Gasteiger partial charge on any atom is -0.465 e. The number of anilines is 1. The number of benzene rings is 1. The SMILES string of the molecule is COC(=O)c1cc(-c2c(C)noc2C)cc2[nH]c(N)nc12. The average molecular weight is 286 g/mol. The van der Waals surface area contributed by atoms with Gasteiger partial charge in [0.1, 0.15) is 11.3 Å². The van der Waals surface area contributed by atoms with Gasteiger partial charge in [-0.15, -0.1) is 0 Å². The summed E-state index contributed by atoms with van der Waals surface area (Å²) in [6.07, 6.45) is 0. The first kappa shape index (κ1) is 13.2. The number of aromatic nitrogens is 3. The number of aryl methyl sites for hydroxylation is 2. The van der Waals surface area contributed by atoms with Crippen LogP contribution in [0.5, 0.6) is 0 Å². The second-order valence-electron chi connectivity index (χ2n) is 4.73. The van der Waals surface area contributed by atoms with Crippen molar-refractivity contribution in [2.24, 2.45) is 0 Å². The van der Waals surface area contributed by atoms with Gasteiger partial charge in [0.2, 0.25) is 0 Å². The van der Waals surface area contributed by atoms with Gasteiger partial charge in [0.25, 0.3) is 0 Å². The number of esters is 1. The molecule has 0 radical (unpaired) electrons. The number of fused-ring (bicyclic) bond motifs is 1. The number of aromatic amines is 1. The highest BCUT2D eigenvalue weighted by atomic mass is 16.5. The van der Waals surface area contributed by atoms with E-state index in [0.29, 0.717) is 22.4 Å². The van der Waals surface area contributed by atoms with Crippen molar-refractivity contribution >= 4 is 23.0 Å². The Morgan fingerprint density at radius 2 is 2.14 bits per heavy atom. The van der Waals surface area contributed by atoms with Gasteiger partial charge >= 0.3 is 5.97 Å². The Hall–Kier alpha value is -2.83. The fourth-order valence-electron chi connectivity index (χ4n) is 2.44. The molecule has 21 heavy (non-hydrogen) atoms. The molecule has 2 aromatic heterocycles. The van der Waals surface area contributed by atoms with Crippen LogP contribution in [0.1, 0.15) is 21.8 Å². The Morgan fingerprint density at radius 1 is 1.38 bits per heavy atom. The summed E-state index contributed by atoms with van der Waals surface area (Å²) in [4.78, 5) is 19.0. The smallest absolute Gasteiger partial charge is 0.340 e. The number of nitrogens with two attached hydrogens (primary N) is 1. The molecule has 7 nitrogen and oxygen atoms in total. The first-order valence-corrected chi connectivity index (χ1v) is 6.32. The monoisotopic (exact) mass is 286 g/mol.